The molecule has 0 radical (unpaired) electrons. The van der Waals surface area contributed by atoms with E-state index in [2.05, 4.69) is 26.2 Å². The minimum absolute atomic E-state index is 0.0679. The number of pyridine rings is 1. The van der Waals surface area contributed by atoms with Gasteiger partial charge in [0.1, 0.15) is 5.15 Å². The summed E-state index contributed by atoms with van der Waals surface area (Å²) >= 11 is 9.00. The topological polar surface area (TPSA) is 85.1 Å². The number of aromatic nitrogens is 1. The highest BCUT2D eigenvalue weighted by Gasteiger charge is 2.18. The van der Waals surface area contributed by atoms with E-state index >= 15 is 0 Å². The Kier molecular flexibility index (Phi) is 4.87. The SMILES string of the molecule is O=C(Cc1cccc(Br)c1)Nc1nc(Cl)ccc1[N+](=O)[O-]. The molecule has 1 aromatic carbocycles. The average Bonchev–Trinajstić information content (AvgIpc) is 2.38. The number of carbonyl (C=O) groups excluding carboxylic acids is 1. The summed E-state index contributed by atoms with van der Waals surface area (Å²) in [6.07, 6.45) is 0.0742. The quantitative estimate of drug-likeness (QED) is 0.506. The molecular weight excluding hydrogens is 362 g/mol. The highest BCUT2D eigenvalue weighted by Crippen LogP contribution is 2.24. The van der Waals surface area contributed by atoms with Crippen molar-refractivity contribution in [3.63, 3.8) is 0 Å². The lowest BCUT2D eigenvalue weighted by molar-refractivity contribution is -0.384. The lowest BCUT2D eigenvalue weighted by Gasteiger charge is -2.06. The summed E-state index contributed by atoms with van der Waals surface area (Å²) in [5.41, 5.74) is 0.466. The first-order valence-corrected chi connectivity index (χ1v) is 6.98. The maximum absolute atomic E-state index is 11.9. The Morgan fingerprint density at radius 2 is 2.14 bits per heavy atom. The molecule has 1 heterocycles. The van der Waals surface area contributed by atoms with E-state index in [9.17, 15) is 14.9 Å². The monoisotopic (exact) mass is 369 g/mol. The molecule has 8 heteroatoms. The molecule has 0 aliphatic rings. The smallest absolute Gasteiger partial charge is 0.305 e. The number of hydrogen-bond donors (Lipinski definition) is 1. The van der Waals surface area contributed by atoms with Gasteiger partial charge in [0.2, 0.25) is 11.7 Å². The van der Waals surface area contributed by atoms with E-state index in [1.54, 1.807) is 18.2 Å². The summed E-state index contributed by atoms with van der Waals surface area (Å²) in [6.45, 7) is 0. The summed E-state index contributed by atoms with van der Waals surface area (Å²) in [5, 5.41) is 13.4. The Morgan fingerprint density at radius 1 is 1.38 bits per heavy atom. The number of benzene rings is 1. The second-order valence-corrected chi connectivity index (χ2v) is 5.42. The zero-order valence-electron chi connectivity index (χ0n) is 10.5. The molecule has 2 aromatic rings. The number of nitrogens with one attached hydrogen (secondary N) is 1. The van der Waals surface area contributed by atoms with E-state index in [1.165, 1.54) is 12.1 Å². The van der Waals surface area contributed by atoms with Crippen molar-refractivity contribution in [2.45, 2.75) is 6.42 Å². The predicted molar refractivity (Wildman–Crippen MR) is 82.4 cm³/mol. The molecular formula is C13H9BrClN3O3. The van der Waals surface area contributed by atoms with Crippen LogP contribution in [0, 0.1) is 10.1 Å². The number of nitro groups is 1. The van der Waals surface area contributed by atoms with Crippen LogP contribution in [0.2, 0.25) is 5.15 Å². The molecule has 21 heavy (non-hydrogen) atoms. The van der Waals surface area contributed by atoms with Gasteiger partial charge in [0.05, 0.1) is 11.3 Å². The Hall–Kier alpha value is -1.99. The van der Waals surface area contributed by atoms with Gasteiger partial charge in [-0.25, -0.2) is 4.98 Å². The predicted octanol–water partition coefficient (Wildman–Crippen LogP) is 3.59. The Bertz CT molecular complexity index is 709. The van der Waals surface area contributed by atoms with E-state index in [1.807, 2.05) is 6.07 Å². The van der Waals surface area contributed by atoms with Crippen molar-refractivity contribution in [1.82, 2.24) is 4.98 Å². The van der Waals surface area contributed by atoms with Gasteiger partial charge in [0, 0.05) is 10.5 Å². The van der Waals surface area contributed by atoms with Crippen LogP contribution in [-0.2, 0) is 11.2 Å². The minimum Gasteiger partial charge on any atom is -0.305 e. The van der Waals surface area contributed by atoms with Gasteiger partial charge in [-0.15, -0.1) is 0 Å². The number of halogens is 2. The summed E-state index contributed by atoms with van der Waals surface area (Å²) in [4.78, 5) is 26.0. The fourth-order valence-electron chi connectivity index (χ4n) is 1.68. The van der Waals surface area contributed by atoms with Gasteiger partial charge >= 0.3 is 5.69 Å². The van der Waals surface area contributed by atoms with Crippen LogP contribution in [0.4, 0.5) is 11.5 Å². The molecule has 0 bridgehead atoms. The van der Waals surface area contributed by atoms with E-state index < -0.39 is 10.8 Å². The molecule has 2 rings (SSSR count). The zero-order valence-corrected chi connectivity index (χ0v) is 12.9. The van der Waals surface area contributed by atoms with Gasteiger partial charge in [-0.05, 0) is 23.8 Å². The van der Waals surface area contributed by atoms with Crippen LogP contribution in [0.25, 0.3) is 0 Å². The van der Waals surface area contributed by atoms with Crippen molar-refractivity contribution in [3.05, 3.63) is 61.7 Å². The van der Waals surface area contributed by atoms with E-state index in [-0.39, 0.29) is 23.1 Å². The van der Waals surface area contributed by atoms with Crippen LogP contribution in [0.1, 0.15) is 5.56 Å². The molecule has 1 aromatic heterocycles. The van der Waals surface area contributed by atoms with Gasteiger partial charge in [-0.2, -0.15) is 0 Å². The average molecular weight is 371 g/mol. The second kappa shape index (κ2) is 6.64. The van der Waals surface area contributed by atoms with Crippen molar-refractivity contribution < 1.29 is 9.72 Å². The van der Waals surface area contributed by atoms with E-state index in [0.29, 0.717) is 0 Å². The first-order chi connectivity index (χ1) is 9.95. The van der Waals surface area contributed by atoms with Gasteiger partial charge in [-0.1, -0.05) is 39.7 Å². The summed E-state index contributed by atoms with van der Waals surface area (Å²) in [5.74, 6) is -0.571. The van der Waals surface area contributed by atoms with Crippen LogP contribution < -0.4 is 5.32 Å². The highest BCUT2D eigenvalue weighted by molar-refractivity contribution is 9.10. The van der Waals surface area contributed by atoms with Crippen LogP contribution in [0.15, 0.2) is 40.9 Å². The minimum atomic E-state index is -0.627. The number of hydrogen-bond acceptors (Lipinski definition) is 4. The summed E-state index contributed by atoms with van der Waals surface area (Å²) in [7, 11) is 0. The highest BCUT2D eigenvalue weighted by atomic mass is 79.9. The molecule has 0 unspecified atom stereocenters. The molecule has 0 atom stereocenters. The van der Waals surface area contributed by atoms with Gasteiger partial charge in [0.25, 0.3) is 0 Å². The summed E-state index contributed by atoms with van der Waals surface area (Å²) < 4.78 is 0.847. The van der Waals surface area contributed by atoms with Crippen LogP contribution in [0.5, 0.6) is 0 Å². The number of anilines is 1. The maximum Gasteiger partial charge on any atom is 0.311 e. The van der Waals surface area contributed by atoms with Gasteiger partial charge < -0.3 is 5.32 Å². The van der Waals surface area contributed by atoms with E-state index in [0.717, 1.165) is 10.0 Å². The Morgan fingerprint density at radius 3 is 2.81 bits per heavy atom. The number of carbonyl (C=O) groups is 1. The molecule has 0 fully saturated rings. The number of rotatable bonds is 4. The maximum atomic E-state index is 11.9. The Balaban J connectivity index is 2.16. The number of nitrogens with zero attached hydrogens (tertiary/aromatic N) is 2. The zero-order chi connectivity index (χ0) is 15.4. The van der Waals surface area contributed by atoms with Crippen LogP contribution in [-0.4, -0.2) is 15.8 Å². The summed E-state index contributed by atoms with van der Waals surface area (Å²) in [6, 6.07) is 9.70. The molecule has 108 valence electrons. The molecule has 0 spiro atoms. The first kappa shape index (κ1) is 15.4. The molecule has 1 amide bonds. The normalized spacial score (nSPS) is 10.2. The molecule has 0 saturated heterocycles. The molecule has 0 aliphatic heterocycles. The number of amides is 1. The molecule has 0 saturated carbocycles. The third-order valence-electron chi connectivity index (χ3n) is 2.55. The fourth-order valence-corrected chi connectivity index (χ4v) is 2.27. The van der Waals surface area contributed by atoms with Gasteiger partial charge in [-0.3, -0.25) is 14.9 Å². The van der Waals surface area contributed by atoms with Crippen LogP contribution in [0.3, 0.4) is 0 Å². The second-order valence-electron chi connectivity index (χ2n) is 4.11. The lowest BCUT2D eigenvalue weighted by atomic mass is 10.1. The van der Waals surface area contributed by atoms with Crippen molar-refractivity contribution in [3.8, 4) is 0 Å². The van der Waals surface area contributed by atoms with Crippen molar-refractivity contribution in [2.24, 2.45) is 0 Å². The largest absolute Gasteiger partial charge is 0.311 e. The van der Waals surface area contributed by atoms with Crippen molar-refractivity contribution in [1.29, 1.82) is 0 Å². The third kappa shape index (κ3) is 4.24. The third-order valence-corrected chi connectivity index (χ3v) is 3.25. The molecule has 0 aliphatic carbocycles. The first-order valence-electron chi connectivity index (χ1n) is 5.81. The lowest BCUT2D eigenvalue weighted by Crippen LogP contribution is -2.16. The van der Waals surface area contributed by atoms with E-state index in [4.69, 9.17) is 11.6 Å². The van der Waals surface area contributed by atoms with Crippen molar-refractivity contribution >= 4 is 44.9 Å². The van der Waals surface area contributed by atoms with Crippen molar-refractivity contribution in [2.75, 3.05) is 5.32 Å². The standard InChI is InChI=1S/C13H9BrClN3O3/c14-9-3-1-2-8(6-9)7-12(19)17-13-10(18(20)21)4-5-11(15)16-13/h1-6H,7H2,(H,16,17,19). The molecule has 1 N–H and O–H groups in total. The van der Waals surface area contributed by atoms with Gasteiger partial charge in [0.15, 0.2) is 0 Å². The van der Waals surface area contributed by atoms with Crippen LogP contribution >= 0.6 is 27.5 Å². The fraction of sp³-hybridized carbons (Fsp3) is 0.0769. The molecule has 6 nitrogen and oxygen atoms in total. The Labute approximate surface area is 133 Å².